The second-order valence-electron chi connectivity index (χ2n) is 5.64. The fourth-order valence-corrected chi connectivity index (χ4v) is 2.70. The van der Waals surface area contributed by atoms with Crippen molar-refractivity contribution in [2.75, 3.05) is 13.1 Å². The maximum absolute atomic E-state index is 4.79. The molecule has 3 rings (SSSR count). The lowest BCUT2D eigenvalue weighted by Crippen LogP contribution is -2.29. The molecule has 1 aliphatic rings. The van der Waals surface area contributed by atoms with Crippen LogP contribution in [0.1, 0.15) is 35.7 Å². The molecule has 1 fully saturated rings. The Kier molecular flexibility index (Phi) is 3.79. The Morgan fingerprint density at radius 2 is 2.05 bits per heavy atom. The van der Waals surface area contributed by atoms with E-state index >= 15 is 0 Å². The van der Waals surface area contributed by atoms with E-state index in [2.05, 4.69) is 42.3 Å². The van der Waals surface area contributed by atoms with Crippen LogP contribution in [0.15, 0.2) is 30.5 Å². The van der Waals surface area contributed by atoms with Crippen molar-refractivity contribution >= 4 is 0 Å². The summed E-state index contributed by atoms with van der Waals surface area (Å²) in [6.45, 7) is 6.40. The lowest BCUT2D eigenvalue weighted by Gasteiger charge is -2.21. The van der Waals surface area contributed by atoms with Gasteiger partial charge in [-0.15, -0.1) is 0 Å². The van der Waals surface area contributed by atoms with E-state index in [4.69, 9.17) is 4.98 Å². The Bertz CT molecular complexity index is 601. The van der Waals surface area contributed by atoms with E-state index in [1.54, 1.807) is 0 Å². The number of hydrogen-bond donors (Lipinski definition) is 1. The smallest absolute Gasteiger partial charge is 0.133 e. The maximum Gasteiger partial charge on any atom is 0.133 e. The molecule has 20 heavy (non-hydrogen) atoms. The number of piperidine rings is 1. The highest BCUT2D eigenvalue weighted by Gasteiger charge is 2.18. The van der Waals surface area contributed by atoms with Gasteiger partial charge in [-0.2, -0.15) is 0 Å². The van der Waals surface area contributed by atoms with Crippen LogP contribution in [0.2, 0.25) is 0 Å². The van der Waals surface area contributed by atoms with Gasteiger partial charge in [0.1, 0.15) is 5.82 Å². The lowest BCUT2D eigenvalue weighted by atomic mass is 9.98. The summed E-state index contributed by atoms with van der Waals surface area (Å²) in [7, 11) is 0. The molecule has 104 valence electrons. The van der Waals surface area contributed by atoms with Crippen molar-refractivity contribution in [3.63, 3.8) is 0 Å². The fraction of sp³-hybridized carbons (Fsp3) is 0.412. The molecule has 1 aromatic carbocycles. The van der Waals surface area contributed by atoms with Gasteiger partial charge in [0.05, 0.1) is 5.69 Å². The minimum absolute atomic E-state index is 0.454. The van der Waals surface area contributed by atoms with Crippen LogP contribution in [0, 0.1) is 13.8 Å². The first-order valence-corrected chi connectivity index (χ1v) is 7.35. The predicted octanol–water partition coefficient (Wildman–Crippen LogP) is 3.23. The van der Waals surface area contributed by atoms with Gasteiger partial charge in [-0.05, 0) is 56.5 Å². The van der Waals surface area contributed by atoms with E-state index in [0.717, 1.165) is 24.6 Å². The zero-order valence-electron chi connectivity index (χ0n) is 12.2. The highest BCUT2D eigenvalue weighted by Crippen LogP contribution is 2.24. The van der Waals surface area contributed by atoms with Gasteiger partial charge in [0.15, 0.2) is 0 Å². The second-order valence-corrected chi connectivity index (χ2v) is 5.64. The van der Waals surface area contributed by atoms with Crippen molar-refractivity contribution in [2.24, 2.45) is 0 Å². The van der Waals surface area contributed by atoms with Gasteiger partial charge in [-0.25, -0.2) is 9.97 Å². The molecule has 0 spiro atoms. The molecular weight excluding hydrogens is 246 g/mol. The van der Waals surface area contributed by atoms with Gasteiger partial charge in [0, 0.05) is 24.2 Å². The number of benzene rings is 1. The molecular formula is C17H21N3. The first-order chi connectivity index (χ1) is 9.74. The summed E-state index contributed by atoms with van der Waals surface area (Å²) in [5.74, 6) is 1.43. The number of aryl methyl sites for hydroxylation is 2. The van der Waals surface area contributed by atoms with Crippen molar-refractivity contribution in [3.05, 3.63) is 47.4 Å². The molecule has 3 heteroatoms. The average Bonchev–Trinajstić information content (AvgIpc) is 2.51. The normalized spacial score (nSPS) is 19.0. The Morgan fingerprint density at radius 1 is 1.15 bits per heavy atom. The Hall–Kier alpha value is -1.74. The van der Waals surface area contributed by atoms with Crippen molar-refractivity contribution in [1.82, 2.24) is 15.3 Å². The first kappa shape index (κ1) is 13.3. The molecule has 0 amide bonds. The van der Waals surface area contributed by atoms with Gasteiger partial charge < -0.3 is 5.32 Å². The van der Waals surface area contributed by atoms with E-state index in [-0.39, 0.29) is 0 Å². The summed E-state index contributed by atoms with van der Waals surface area (Å²) in [4.78, 5) is 9.26. The minimum atomic E-state index is 0.454. The summed E-state index contributed by atoms with van der Waals surface area (Å²) in [5, 5.41) is 3.43. The molecule has 0 saturated carbocycles. The molecule has 1 unspecified atom stereocenters. The average molecular weight is 267 g/mol. The third-order valence-corrected chi connectivity index (χ3v) is 4.14. The van der Waals surface area contributed by atoms with Crippen molar-refractivity contribution in [1.29, 1.82) is 0 Å². The van der Waals surface area contributed by atoms with Crippen molar-refractivity contribution < 1.29 is 0 Å². The third kappa shape index (κ3) is 2.73. The van der Waals surface area contributed by atoms with Crippen LogP contribution >= 0.6 is 0 Å². The van der Waals surface area contributed by atoms with E-state index in [9.17, 15) is 0 Å². The van der Waals surface area contributed by atoms with E-state index in [0.29, 0.717) is 5.92 Å². The van der Waals surface area contributed by atoms with Crippen LogP contribution in [0.25, 0.3) is 11.3 Å². The standard InChI is InChI=1S/C17H21N3/c1-12-5-6-14(10-13(12)2)16-7-9-19-17(20-16)15-4-3-8-18-11-15/h5-7,9-10,15,18H,3-4,8,11H2,1-2H3. The lowest BCUT2D eigenvalue weighted by molar-refractivity contribution is 0.447. The largest absolute Gasteiger partial charge is 0.316 e. The number of hydrogen-bond acceptors (Lipinski definition) is 3. The molecule has 3 nitrogen and oxygen atoms in total. The molecule has 1 N–H and O–H groups in total. The number of nitrogens with one attached hydrogen (secondary N) is 1. The van der Waals surface area contributed by atoms with Gasteiger partial charge >= 0.3 is 0 Å². The fourth-order valence-electron chi connectivity index (χ4n) is 2.70. The van der Waals surface area contributed by atoms with Gasteiger partial charge in [0.25, 0.3) is 0 Å². The highest BCUT2D eigenvalue weighted by molar-refractivity contribution is 5.60. The minimum Gasteiger partial charge on any atom is -0.316 e. The third-order valence-electron chi connectivity index (χ3n) is 4.14. The Morgan fingerprint density at radius 3 is 2.80 bits per heavy atom. The number of rotatable bonds is 2. The molecule has 2 aromatic rings. The van der Waals surface area contributed by atoms with Crippen LogP contribution in [0.4, 0.5) is 0 Å². The summed E-state index contributed by atoms with van der Waals surface area (Å²) in [6, 6.07) is 8.52. The molecule has 1 saturated heterocycles. The predicted molar refractivity (Wildman–Crippen MR) is 81.8 cm³/mol. The number of nitrogens with zero attached hydrogens (tertiary/aromatic N) is 2. The highest BCUT2D eigenvalue weighted by atomic mass is 14.9. The first-order valence-electron chi connectivity index (χ1n) is 7.35. The zero-order chi connectivity index (χ0) is 13.9. The van der Waals surface area contributed by atoms with Crippen LogP contribution in [0.3, 0.4) is 0 Å². The molecule has 0 aliphatic carbocycles. The zero-order valence-corrected chi connectivity index (χ0v) is 12.2. The molecule has 1 aromatic heterocycles. The Labute approximate surface area is 120 Å². The van der Waals surface area contributed by atoms with Crippen LogP contribution in [-0.4, -0.2) is 23.1 Å². The Balaban J connectivity index is 1.91. The van der Waals surface area contributed by atoms with Gasteiger partial charge in [0.2, 0.25) is 0 Å². The van der Waals surface area contributed by atoms with E-state index < -0.39 is 0 Å². The molecule has 2 heterocycles. The summed E-state index contributed by atoms with van der Waals surface area (Å²) < 4.78 is 0. The van der Waals surface area contributed by atoms with Crippen LogP contribution in [0.5, 0.6) is 0 Å². The molecule has 1 aliphatic heterocycles. The molecule has 0 bridgehead atoms. The quantitative estimate of drug-likeness (QED) is 0.907. The summed E-state index contributed by atoms with van der Waals surface area (Å²) in [6.07, 6.45) is 4.28. The van der Waals surface area contributed by atoms with Gasteiger partial charge in [-0.3, -0.25) is 0 Å². The topological polar surface area (TPSA) is 37.8 Å². The van der Waals surface area contributed by atoms with Crippen molar-refractivity contribution in [3.8, 4) is 11.3 Å². The monoisotopic (exact) mass is 267 g/mol. The van der Waals surface area contributed by atoms with Gasteiger partial charge in [-0.1, -0.05) is 12.1 Å². The van der Waals surface area contributed by atoms with Crippen LogP contribution < -0.4 is 5.32 Å². The molecule has 0 radical (unpaired) electrons. The van der Waals surface area contributed by atoms with E-state index in [1.807, 2.05) is 12.3 Å². The van der Waals surface area contributed by atoms with Crippen LogP contribution in [-0.2, 0) is 0 Å². The van der Waals surface area contributed by atoms with Crippen molar-refractivity contribution in [2.45, 2.75) is 32.6 Å². The maximum atomic E-state index is 4.79. The van der Waals surface area contributed by atoms with E-state index in [1.165, 1.54) is 29.5 Å². The number of aromatic nitrogens is 2. The summed E-state index contributed by atoms with van der Waals surface area (Å²) in [5.41, 5.74) is 4.84. The molecule has 1 atom stereocenters. The second kappa shape index (κ2) is 5.71. The summed E-state index contributed by atoms with van der Waals surface area (Å²) >= 11 is 0. The SMILES string of the molecule is Cc1ccc(-c2ccnc(C3CCCNC3)n2)cc1C.